The third-order valence-electron chi connectivity index (χ3n) is 1.72. The molecule has 0 N–H and O–H groups in total. The van der Waals surface area contributed by atoms with Gasteiger partial charge in [0.15, 0.2) is 0 Å². The average molecular weight is 222 g/mol. The molecule has 1 heterocycles. The molecule has 1 aromatic heterocycles. The van der Waals surface area contributed by atoms with Gasteiger partial charge in [0.1, 0.15) is 12.1 Å². The van der Waals surface area contributed by atoms with Gasteiger partial charge in [-0.25, -0.2) is 4.98 Å². The van der Waals surface area contributed by atoms with Gasteiger partial charge < -0.3 is 4.74 Å². The Morgan fingerprint density at radius 1 is 1.27 bits per heavy atom. The molecule has 0 aliphatic rings. The molecular weight excluding hydrogens is 214 g/mol. The molecule has 76 valence electrons. The maximum absolute atomic E-state index is 5.60. The monoisotopic (exact) mass is 221 g/mol. The van der Waals surface area contributed by atoms with Gasteiger partial charge in [-0.3, -0.25) is 0 Å². The van der Waals surface area contributed by atoms with Crippen molar-refractivity contribution in [2.45, 2.75) is 6.92 Å². The third kappa shape index (κ3) is 2.63. The average Bonchev–Trinajstić information content (AvgIpc) is 2.17. The van der Waals surface area contributed by atoms with Gasteiger partial charge in [0.05, 0.1) is 0 Å². The Bertz CT molecular complexity index is 432. The zero-order chi connectivity index (χ0) is 10.7. The van der Waals surface area contributed by atoms with Crippen molar-refractivity contribution in [1.82, 2.24) is 15.0 Å². The van der Waals surface area contributed by atoms with E-state index in [0.29, 0.717) is 5.75 Å². The molecule has 0 bridgehead atoms. The highest BCUT2D eigenvalue weighted by Crippen LogP contribution is 2.18. The summed E-state index contributed by atoms with van der Waals surface area (Å²) in [6.07, 6.45) is 1.31. The zero-order valence-corrected chi connectivity index (χ0v) is 8.77. The van der Waals surface area contributed by atoms with Gasteiger partial charge in [0.25, 0.3) is 0 Å². The summed E-state index contributed by atoms with van der Waals surface area (Å²) in [5, 5.41) is 0.118. The van der Waals surface area contributed by atoms with Crippen LogP contribution in [-0.4, -0.2) is 15.0 Å². The van der Waals surface area contributed by atoms with Crippen molar-refractivity contribution in [3.05, 3.63) is 41.4 Å². The van der Waals surface area contributed by atoms with E-state index in [0.717, 1.165) is 5.56 Å². The summed E-state index contributed by atoms with van der Waals surface area (Å²) in [7, 11) is 0. The molecule has 0 fully saturated rings. The molecule has 2 rings (SSSR count). The first-order valence-corrected chi connectivity index (χ1v) is 4.71. The largest absolute Gasteiger partial charge is 0.424 e. The fourth-order valence-corrected chi connectivity index (χ4v) is 1.21. The first-order valence-electron chi connectivity index (χ1n) is 4.33. The second kappa shape index (κ2) is 4.23. The maximum Gasteiger partial charge on any atom is 0.326 e. The van der Waals surface area contributed by atoms with Crippen LogP contribution in [0.5, 0.6) is 11.8 Å². The minimum atomic E-state index is 0.118. The number of aromatic nitrogens is 3. The van der Waals surface area contributed by atoms with E-state index in [1.165, 1.54) is 6.33 Å². The molecule has 15 heavy (non-hydrogen) atoms. The molecular formula is C10H8ClN3O. The van der Waals surface area contributed by atoms with Crippen LogP contribution < -0.4 is 4.74 Å². The highest BCUT2D eigenvalue weighted by molar-refractivity contribution is 6.28. The Hall–Kier alpha value is -1.68. The van der Waals surface area contributed by atoms with Crippen LogP contribution in [0.3, 0.4) is 0 Å². The predicted molar refractivity (Wildman–Crippen MR) is 56.1 cm³/mol. The minimum Gasteiger partial charge on any atom is -0.424 e. The van der Waals surface area contributed by atoms with Crippen molar-refractivity contribution in [1.29, 1.82) is 0 Å². The van der Waals surface area contributed by atoms with Crippen molar-refractivity contribution in [3.63, 3.8) is 0 Å². The summed E-state index contributed by atoms with van der Waals surface area (Å²) in [5.74, 6) is 0.678. The molecule has 0 amide bonds. The van der Waals surface area contributed by atoms with Gasteiger partial charge in [0.2, 0.25) is 5.28 Å². The second-order valence-electron chi connectivity index (χ2n) is 2.96. The maximum atomic E-state index is 5.60. The van der Waals surface area contributed by atoms with E-state index in [1.807, 2.05) is 31.2 Å². The van der Waals surface area contributed by atoms with Crippen LogP contribution in [0.15, 0.2) is 30.6 Å². The second-order valence-corrected chi connectivity index (χ2v) is 3.29. The van der Waals surface area contributed by atoms with Crippen LogP contribution in [0.1, 0.15) is 5.56 Å². The van der Waals surface area contributed by atoms with Gasteiger partial charge >= 0.3 is 6.01 Å². The smallest absolute Gasteiger partial charge is 0.326 e. The van der Waals surface area contributed by atoms with E-state index in [4.69, 9.17) is 16.3 Å². The standard InChI is InChI=1S/C10H8ClN3O/c1-7-3-2-4-8(5-7)15-10-13-6-12-9(11)14-10/h2-6H,1H3. The first kappa shape index (κ1) is 9.86. The van der Waals surface area contributed by atoms with E-state index in [9.17, 15) is 0 Å². The summed E-state index contributed by atoms with van der Waals surface area (Å²) in [6, 6.07) is 7.78. The van der Waals surface area contributed by atoms with Crippen molar-refractivity contribution in [2.75, 3.05) is 0 Å². The van der Waals surface area contributed by atoms with Crippen molar-refractivity contribution < 1.29 is 4.74 Å². The lowest BCUT2D eigenvalue weighted by Gasteiger charge is -2.03. The van der Waals surface area contributed by atoms with Gasteiger partial charge in [0, 0.05) is 0 Å². The number of rotatable bonds is 2. The van der Waals surface area contributed by atoms with Crippen LogP contribution in [0.25, 0.3) is 0 Å². The lowest BCUT2D eigenvalue weighted by Crippen LogP contribution is -1.93. The van der Waals surface area contributed by atoms with Crippen molar-refractivity contribution in [3.8, 4) is 11.8 Å². The quantitative estimate of drug-likeness (QED) is 0.782. The molecule has 2 aromatic rings. The molecule has 0 saturated carbocycles. The minimum absolute atomic E-state index is 0.118. The van der Waals surface area contributed by atoms with Crippen LogP contribution in [0.4, 0.5) is 0 Å². The Balaban J connectivity index is 2.22. The van der Waals surface area contributed by atoms with Gasteiger partial charge in [-0.05, 0) is 36.2 Å². The summed E-state index contributed by atoms with van der Waals surface area (Å²) in [4.78, 5) is 11.3. The Kier molecular flexibility index (Phi) is 2.78. The van der Waals surface area contributed by atoms with E-state index in [-0.39, 0.29) is 11.3 Å². The van der Waals surface area contributed by atoms with Gasteiger partial charge in [-0.1, -0.05) is 12.1 Å². The zero-order valence-electron chi connectivity index (χ0n) is 8.01. The molecule has 0 aliphatic heterocycles. The van der Waals surface area contributed by atoms with E-state index in [2.05, 4.69) is 15.0 Å². The molecule has 4 nitrogen and oxygen atoms in total. The van der Waals surface area contributed by atoms with E-state index in [1.54, 1.807) is 0 Å². The Labute approximate surface area is 91.9 Å². The van der Waals surface area contributed by atoms with Crippen LogP contribution >= 0.6 is 11.6 Å². The van der Waals surface area contributed by atoms with Gasteiger partial charge in [-0.15, -0.1) is 0 Å². The first-order chi connectivity index (χ1) is 7.24. The number of nitrogens with zero attached hydrogens (tertiary/aromatic N) is 3. The van der Waals surface area contributed by atoms with Crippen LogP contribution in [-0.2, 0) is 0 Å². The fraction of sp³-hybridized carbons (Fsp3) is 0.100. The molecule has 0 aliphatic carbocycles. The van der Waals surface area contributed by atoms with Crippen molar-refractivity contribution >= 4 is 11.6 Å². The summed E-state index contributed by atoms with van der Waals surface area (Å²) in [5.41, 5.74) is 1.10. The highest BCUT2D eigenvalue weighted by atomic mass is 35.5. The van der Waals surface area contributed by atoms with Crippen molar-refractivity contribution in [2.24, 2.45) is 0 Å². The SMILES string of the molecule is Cc1cccc(Oc2ncnc(Cl)n2)c1. The number of ether oxygens (including phenoxy) is 1. The lowest BCUT2D eigenvalue weighted by molar-refractivity contribution is 0.439. The Morgan fingerprint density at radius 3 is 2.87 bits per heavy atom. The van der Waals surface area contributed by atoms with Crippen LogP contribution in [0.2, 0.25) is 5.28 Å². The number of hydrogen-bond donors (Lipinski definition) is 0. The topological polar surface area (TPSA) is 47.9 Å². The van der Waals surface area contributed by atoms with E-state index >= 15 is 0 Å². The molecule has 0 spiro atoms. The fourth-order valence-electron chi connectivity index (χ4n) is 1.10. The van der Waals surface area contributed by atoms with Gasteiger partial charge in [-0.2, -0.15) is 9.97 Å². The third-order valence-corrected chi connectivity index (χ3v) is 1.90. The van der Waals surface area contributed by atoms with E-state index < -0.39 is 0 Å². The number of hydrogen-bond acceptors (Lipinski definition) is 4. The molecule has 5 heteroatoms. The number of halogens is 1. The number of benzene rings is 1. The highest BCUT2D eigenvalue weighted by Gasteiger charge is 2.01. The van der Waals surface area contributed by atoms with Crippen LogP contribution in [0, 0.1) is 6.92 Å². The molecule has 0 saturated heterocycles. The molecule has 0 atom stereocenters. The Morgan fingerprint density at radius 2 is 2.13 bits per heavy atom. The summed E-state index contributed by atoms with van der Waals surface area (Å²) < 4.78 is 5.39. The predicted octanol–water partition coefficient (Wildman–Crippen LogP) is 2.63. The normalized spacial score (nSPS) is 10.0. The molecule has 1 aromatic carbocycles. The number of aryl methyl sites for hydroxylation is 1. The molecule has 0 unspecified atom stereocenters. The molecule has 0 radical (unpaired) electrons. The summed E-state index contributed by atoms with van der Waals surface area (Å²) in [6.45, 7) is 1.98. The summed E-state index contributed by atoms with van der Waals surface area (Å²) >= 11 is 5.60. The lowest BCUT2D eigenvalue weighted by atomic mass is 10.2.